The predicted octanol–water partition coefficient (Wildman–Crippen LogP) is 1.93. The summed E-state index contributed by atoms with van der Waals surface area (Å²) in [5, 5.41) is 3.32. The van der Waals surface area contributed by atoms with Crippen molar-refractivity contribution in [3.8, 4) is 5.75 Å². The van der Waals surface area contributed by atoms with Gasteiger partial charge in [0.15, 0.2) is 0 Å². The zero-order chi connectivity index (χ0) is 14.9. The van der Waals surface area contributed by atoms with E-state index in [0.717, 1.165) is 56.3 Å². The second-order valence-corrected chi connectivity index (χ2v) is 5.43. The van der Waals surface area contributed by atoms with Crippen LogP contribution in [0.4, 0.5) is 0 Å². The van der Waals surface area contributed by atoms with E-state index >= 15 is 0 Å². The second kappa shape index (κ2) is 8.97. The lowest BCUT2D eigenvalue weighted by Crippen LogP contribution is -2.23. The van der Waals surface area contributed by atoms with Gasteiger partial charge >= 0.3 is 0 Å². The Morgan fingerprint density at radius 2 is 2.14 bits per heavy atom. The number of ether oxygens (including phenoxy) is 3. The van der Waals surface area contributed by atoms with Gasteiger partial charge in [0.1, 0.15) is 5.75 Å². The zero-order valence-electron chi connectivity index (χ0n) is 13.1. The molecule has 2 heterocycles. The lowest BCUT2D eigenvalue weighted by Gasteiger charge is -2.22. The third-order valence-electron chi connectivity index (χ3n) is 3.66. The second-order valence-electron chi connectivity index (χ2n) is 5.43. The molecule has 0 saturated carbocycles. The molecule has 0 radical (unpaired) electrons. The van der Waals surface area contributed by atoms with Crippen LogP contribution in [0.15, 0.2) is 12.1 Å². The van der Waals surface area contributed by atoms with Gasteiger partial charge in [0, 0.05) is 39.1 Å². The van der Waals surface area contributed by atoms with Crippen LogP contribution in [0.2, 0.25) is 0 Å². The molecule has 5 heteroatoms. The van der Waals surface area contributed by atoms with E-state index in [1.807, 2.05) is 19.1 Å². The van der Waals surface area contributed by atoms with Gasteiger partial charge in [-0.3, -0.25) is 4.98 Å². The molecule has 0 spiro atoms. The Morgan fingerprint density at radius 1 is 1.33 bits per heavy atom. The van der Waals surface area contributed by atoms with Gasteiger partial charge in [0.2, 0.25) is 0 Å². The molecule has 0 aliphatic carbocycles. The van der Waals surface area contributed by atoms with E-state index in [1.165, 1.54) is 0 Å². The van der Waals surface area contributed by atoms with E-state index in [4.69, 9.17) is 14.2 Å². The van der Waals surface area contributed by atoms with Crippen LogP contribution in [0.25, 0.3) is 0 Å². The molecule has 1 N–H and O–H groups in total. The fraction of sp³-hybridized carbons (Fsp3) is 0.688. The molecule has 5 nitrogen and oxygen atoms in total. The molecule has 118 valence electrons. The summed E-state index contributed by atoms with van der Waals surface area (Å²) in [5.41, 5.74) is 1.98. The zero-order valence-corrected chi connectivity index (χ0v) is 13.1. The number of methoxy groups -OCH3 is 1. The highest BCUT2D eigenvalue weighted by molar-refractivity contribution is 5.29. The fourth-order valence-corrected chi connectivity index (χ4v) is 2.36. The molecule has 1 aliphatic heterocycles. The van der Waals surface area contributed by atoms with E-state index in [-0.39, 0.29) is 0 Å². The Hall–Kier alpha value is -1.17. The smallest absolute Gasteiger partial charge is 0.142 e. The first kappa shape index (κ1) is 16.2. The standard InChI is InChI=1S/C16H26N2O3/c1-13-3-4-16(15(18-13)11-17-7-10-19-2)21-12-14-5-8-20-9-6-14/h3-4,14,17H,5-12H2,1-2H3. The highest BCUT2D eigenvalue weighted by atomic mass is 16.5. The maximum atomic E-state index is 6.00. The molecule has 0 atom stereocenters. The molecular weight excluding hydrogens is 268 g/mol. The van der Waals surface area contributed by atoms with Gasteiger partial charge in [-0.25, -0.2) is 0 Å². The van der Waals surface area contributed by atoms with E-state index in [9.17, 15) is 0 Å². The average Bonchev–Trinajstić information content (AvgIpc) is 2.52. The summed E-state index contributed by atoms with van der Waals surface area (Å²) >= 11 is 0. The Labute approximate surface area is 127 Å². The van der Waals surface area contributed by atoms with Gasteiger partial charge in [0.25, 0.3) is 0 Å². The van der Waals surface area contributed by atoms with Gasteiger partial charge < -0.3 is 19.5 Å². The summed E-state index contributed by atoms with van der Waals surface area (Å²) < 4.78 is 16.4. The van der Waals surface area contributed by atoms with Crippen LogP contribution >= 0.6 is 0 Å². The highest BCUT2D eigenvalue weighted by Crippen LogP contribution is 2.20. The van der Waals surface area contributed by atoms with Crippen LogP contribution in [0.3, 0.4) is 0 Å². The van der Waals surface area contributed by atoms with Crippen molar-refractivity contribution in [2.75, 3.05) is 40.1 Å². The summed E-state index contributed by atoms with van der Waals surface area (Å²) in [7, 11) is 1.70. The molecule has 1 aromatic rings. The maximum Gasteiger partial charge on any atom is 0.142 e. The van der Waals surface area contributed by atoms with Crippen molar-refractivity contribution in [1.29, 1.82) is 0 Å². The van der Waals surface area contributed by atoms with Gasteiger partial charge in [-0.1, -0.05) is 0 Å². The topological polar surface area (TPSA) is 52.6 Å². The van der Waals surface area contributed by atoms with E-state index in [1.54, 1.807) is 7.11 Å². The van der Waals surface area contributed by atoms with Crippen LogP contribution in [0.5, 0.6) is 5.75 Å². The number of aryl methyl sites for hydroxylation is 1. The van der Waals surface area contributed by atoms with Gasteiger partial charge in [-0.05, 0) is 37.8 Å². The molecule has 0 unspecified atom stereocenters. The summed E-state index contributed by atoms with van der Waals surface area (Å²) in [6, 6.07) is 4.02. The Morgan fingerprint density at radius 3 is 2.90 bits per heavy atom. The van der Waals surface area contributed by atoms with Crippen LogP contribution in [-0.4, -0.2) is 45.1 Å². The number of pyridine rings is 1. The first-order chi connectivity index (χ1) is 10.3. The van der Waals surface area contributed by atoms with Crippen molar-refractivity contribution in [2.24, 2.45) is 5.92 Å². The molecular formula is C16H26N2O3. The Balaban J connectivity index is 1.87. The number of nitrogens with zero attached hydrogens (tertiary/aromatic N) is 1. The molecule has 0 aromatic carbocycles. The summed E-state index contributed by atoms with van der Waals surface area (Å²) in [6.45, 7) is 6.67. The molecule has 1 saturated heterocycles. The minimum atomic E-state index is 0.592. The van der Waals surface area contributed by atoms with Crippen LogP contribution in [0.1, 0.15) is 24.2 Å². The van der Waals surface area contributed by atoms with Crippen LogP contribution in [-0.2, 0) is 16.0 Å². The molecule has 1 aromatic heterocycles. The molecule has 0 amide bonds. The molecule has 1 aliphatic rings. The summed E-state index contributed by atoms with van der Waals surface area (Å²) in [4.78, 5) is 4.58. The van der Waals surface area contributed by atoms with Gasteiger partial charge in [0.05, 0.1) is 18.9 Å². The van der Waals surface area contributed by atoms with E-state index < -0.39 is 0 Å². The quantitative estimate of drug-likeness (QED) is 0.743. The third kappa shape index (κ3) is 5.61. The molecule has 1 fully saturated rings. The Bertz CT molecular complexity index is 420. The van der Waals surface area contributed by atoms with Gasteiger partial charge in [-0.15, -0.1) is 0 Å². The van der Waals surface area contributed by atoms with Crippen molar-refractivity contribution in [3.63, 3.8) is 0 Å². The molecule has 0 bridgehead atoms. The normalized spacial score (nSPS) is 16.1. The minimum Gasteiger partial charge on any atom is -0.491 e. The summed E-state index contributed by atoms with van der Waals surface area (Å²) in [5.74, 6) is 1.48. The predicted molar refractivity (Wildman–Crippen MR) is 81.6 cm³/mol. The maximum absolute atomic E-state index is 6.00. The summed E-state index contributed by atoms with van der Waals surface area (Å²) in [6.07, 6.45) is 2.17. The van der Waals surface area contributed by atoms with Crippen molar-refractivity contribution >= 4 is 0 Å². The van der Waals surface area contributed by atoms with Crippen molar-refractivity contribution < 1.29 is 14.2 Å². The number of rotatable bonds is 8. The number of hydrogen-bond acceptors (Lipinski definition) is 5. The van der Waals surface area contributed by atoms with Crippen molar-refractivity contribution in [2.45, 2.75) is 26.3 Å². The number of aromatic nitrogens is 1. The SMILES string of the molecule is COCCNCc1nc(C)ccc1OCC1CCOCC1. The highest BCUT2D eigenvalue weighted by Gasteiger charge is 2.15. The Kier molecular flexibility index (Phi) is 6.92. The largest absolute Gasteiger partial charge is 0.491 e. The van der Waals surface area contributed by atoms with Gasteiger partial charge in [-0.2, -0.15) is 0 Å². The molecule has 2 rings (SSSR count). The lowest BCUT2D eigenvalue weighted by atomic mass is 10.0. The van der Waals surface area contributed by atoms with E-state index in [2.05, 4.69) is 10.3 Å². The monoisotopic (exact) mass is 294 g/mol. The van der Waals surface area contributed by atoms with E-state index in [0.29, 0.717) is 19.1 Å². The van der Waals surface area contributed by atoms with Crippen molar-refractivity contribution in [3.05, 3.63) is 23.5 Å². The first-order valence-corrected chi connectivity index (χ1v) is 7.66. The third-order valence-corrected chi connectivity index (χ3v) is 3.66. The molecule has 21 heavy (non-hydrogen) atoms. The lowest BCUT2D eigenvalue weighted by molar-refractivity contribution is 0.0495. The number of nitrogens with one attached hydrogen (secondary N) is 1. The fourth-order valence-electron chi connectivity index (χ4n) is 2.36. The van der Waals surface area contributed by atoms with Crippen LogP contribution in [0, 0.1) is 12.8 Å². The minimum absolute atomic E-state index is 0.592. The average molecular weight is 294 g/mol. The first-order valence-electron chi connectivity index (χ1n) is 7.66. The van der Waals surface area contributed by atoms with Crippen LogP contribution < -0.4 is 10.1 Å². The number of hydrogen-bond donors (Lipinski definition) is 1. The van der Waals surface area contributed by atoms with Crippen molar-refractivity contribution in [1.82, 2.24) is 10.3 Å².